The second-order valence-corrected chi connectivity index (χ2v) is 7.19. The van der Waals surface area contributed by atoms with Gasteiger partial charge in [-0.3, -0.25) is 9.78 Å². The Morgan fingerprint density at radius 3 is 2.86 bits per heavy atom. The SMILES string of the molecule is O=C(NCCSc1ccccn1)c1cnc2c(c1)ncn2Cc1cccnc1. The number of aromatic nitrogens is 5. The molecule has 140 valence electrons. The minimum absolute atomic E-state index is 0.155. The van der Waals surface area contributed by atoms with Crippen LogP contribution in [0.2, 0.25) is 0 Å². The van der Waals surface area contributed by atoms with Crippen LogP contribution in [0.4, 0.5) is 0 Å². The number of amides is 1. The van der Waals surface area contributed by atoms with Crippen molar-refractivity contribution < 1.29 is 4.79 Å². The molecule has 0 atom stereocenters. The summed E-state index contributed by atoms with van der Waals surface area (Å²) in [6, 6.07) is 11.4. The molecular formula is C20H18N6OS. The lowest BCUT2D eigenvalue weighted by molar-refractivity contribution is 0.0956. The molecule has 1 amide bonds. The quantitative estimate of drug-likeness (QED) is 0.386. The van der Waals surface area contributed by atoms with Gasteiger partial charge < -0.3 is 9.88 Å². The highest BCUT2D eigenvalue weighted by atomic mass is 32.2. The summed E-state index contributed by atoms with van der Waals surface area (Å²) >= 11 is 1.60. The third kappa shape index (κ3) is 4.34. The van der Waals surface area contributed by atoms with Crippen molar-refractivity contribution in [2.24, 2.45) is 0 Å². The number of nitrogens with one attached hydrogen (secondary N) is 1. The molecule has 8 heteroatoms. The van der Waals surface area contributed by atoms with Crippen molar-refractivity contribution >= 4 is 28.8 Å². The van der Waals surface area contributed by atoms with E-state index in [0.717, 1.165) is 22.0 Å². The molecule has 0 bridgehead atoms. The Kier molecular flexibility index (Phi) is 5.58. The average molecular weight is 390 g/mol. The van der Waals surface area contributed by atoms with Crippen molar-refractivity contribution in [3.8, 4) is 0 Å². The molecule has 0 fully saturated rings. The van der Waals surface area contributed by atoms with Gasteiger partial charge in [-0.1, -0.05) is 12.1 Å². The van der Waals surface area contributed by atoms with Gasteiger partial charge in [-0.15, -0.1) is 11.8 Å². The predicted octanol–water partition coefficient (Wildman–Crippen LogP) is 2.79. The van der Waals surface area contributed by atoms with E-state index in [2.05, 4.69) is 25.3 Å². The van der Waals surface area contributed by atoms with Gasteiger partial charge in [-0.25, -0.2) is 15.0 Å². The minimum atomic E-state index is -0.155. The van der Waals surface area contributed by atoms with E-state index in [-0.39, 0.29) is 5.91 Å². The third-order valence-electron chi connectivity index (χ3n) is 4.07. The lowest BCUT2D eigenvalue weighted by Crippen LogP contribution is -2.25. The zero-order valence-electron chi connectivity index (χ0n) is 15.0. The Labute approximate surface area is 166 Å². The van der Waals surface area contributed by atoms with Gasteiger partial charge in [-0.05, 0) is 29.8 Å². The highest BCUT2D eigenvalue weighted by Gasteiger charge is 2.11. The van der Waals surface area contributed by atoms with E-state index < -0.39 is 0 Å². The molecule has 4 aromatic rings. The van der Waals surface area contributed by atoms with E-state index in [9.17, 15) is 4.79 Å². The number of hydrogen-bond acceptors (Lipinski definition) is 6. The molecule has 0 aromatic carbocycles. The normalized spacial score (nSPS) is 10.9. The minimum Gasteiger partial charge on any atom is -0.351 e. The summed E-state index contributed by atoms with van der Waals surface area (Å²) in [4.78, 5) is 29.6. The van der Waals surface area contributed by atoms with Crippen molar-refractivity contribution in [3.63, 3.8) is 0 Å². The molecule has 0 aliphatic carbocycles. The number of hydrogen-bond donors (Lipinski definition) is 1. The fraction of sp³-hybridized carbons (Fsp3) is 0.150. The molecule has 4 aromatic heterocycles. The van der Waals surface area contributed by atoms with Crippen LogP contribution in [-0.2, 0) is 6.54 Å². The first-order chi connectivity index (χ1) is 13.8. The van der Waals surface area contributed by atoms with E-state index in [1.165, 1.54) is 0 Å². The standard InChI is InChI=1S/C20H18N6OS/c27-20(23-8-9-28-18-5-1-2-7-22-18)16-10-17-19(24-12-16)26(14-25-17)13-15-4-3-6-21-11-15/h1-7,10-12,14H,8-9,13H2,(H,23,27). The van der Waals surface area contributed by atoms with Crippen LogP contribution in [0.1, 0.15) is 15.9 Å². The van der Waals surface area contributed by atoms with E-state index in [1.807, 2.05) is 41.1 Å². The number of imidazole rings is 1. The van der Waals surface area contributed by atoms with Crippen LogP contribution in [0, 0.1) is 0 Å². The van der Waals surface area contributed by atoms with Crippen molar-refractivity contribution in [3.05, 3.63) is 78.6 Å². The molecule has 4 heterocycles. The fourth-order valence-corrected chi connectivity index (χ4v) is 3.46. The topological polar surface area (TPSA) is 85.6 Å². The number of carbonyl (C=O) groups is 1. The first-order valence-electron chi connectivity index (χ1n) is 8.81. The molecule has 0 aliphatic rings. The van der Waals surface area contributed by atoms with Crippen molar-refractivity contribution in [2.75, 3.05) is 12.3 Å². The molecule has 7 nitrogen and oxygen atoms in total. The average Bonchev–Trinajstić information content (AvgIpc) is 3.14. The number of fused-ring (bicyclic) bond motifs is 1. The number of pyridine rings is 3. The maximum absolute atomic E-state index is 12.4. The van der Waals surface area contributed by atoms with Gasteiger partial charge in [-0.2, -0.15) is 0 Å². The summed E-state index contributed by atoms with van der Waals surface area (Å²) < 4.78 is 1.94. The van der Waals surface area contributed by atoms with Crippen LogP contribution in [0.15, 0.2) is 72.5 Å². The summed E-state index contributed by atoms with van der Waals surface area (Å²) in [7, 11) is 0. The molecule has 4 rings (SSSR count). The Hall–Kier alpha value is -3.26. The molecular weight excluding hydrogens is 372 g/mol. The molecule has 0 radical (unpaired) electrons. The molecule has 0 spiro atoms. The van der Waals surface area contributed by atoms with Crippen LogP contribution in [0.3, 0.4) is 0 Å². The van der Waals surface area contributed by atoms with E-state index >= 15 is 0 Å². The molecule has 0 saturated carbocycles. The Morgan fingerprint density at radius 2 is 2.04 bits per heavy atom. The number of carbonyl (C=O) groups excluding carboxylic acids is 1. The van der Waals surface area contributed by atoms with Gasteiger partial charge in [0.25, 0.3) is 5.91 Å². The smallest absolute Gasteiger partial charge is 0.252 e. The molecule has 28 heavy (non-hydrogen) atoms. The Balaban J connectivity index is 1.37. The van der Waals surface area contributed by atoms with Crippen LogP contribution in [0.25, 0.3) is 11.2 Å². The number of thioether (sulfide) groups is 1. The van der Waals surface area contributed by atoms with Gasteiger partial charge >= 0.3 is 0 Å². The maximum atomic E-state index is 12.4. The number of nitrogens with zero attached hydrogens (tertiary/aromatic N) is 5. The summed E-state index contributed by atoms with van der Waals surface area (Å²) in [6.07, 6.45) is 8.64. The largest absolute Gasteiger partial charge is 0.351 e. The zero-order chi connectivity index (χ0) is 19.2. The fourth-order valence-electron chi connectivity index (χ4n) is 2.73. The first kappa shape index (κ1) is 18.1. The highest BCUT2D eigenvalue weighted by molar-refractivity contribution is 7.99. The van der Waals surface area contributed by atoms with E-state index in [4.69, 9.17) is 0 Å². The van der Waals surface area contributed by atoms with Crippen molar-refractivity contribution in [2.45, 2.75) is 11.6 Å². The van der Waals surface area contributed by atoms with Gasteiger partial charge in [0.05, 0.1) is 23.5 Å². The lowest BCUT2D eigenvalue weighted by atomic mass is 10.2. The molecule has 0 aliphatic heterocycles. The summed E-state index contributed by atoms with van der Waals surface area (Å²) in [5.74, 6) is 0.593. The van der Waals surface area contributed by atoms with Crippen molar-refractivity contribution in [1.29, 1.82) is 0 Å². The molecule has 1 N–H and O–H groups in total. The van der Waals surface area contributed by atoms with Gasteiger partial charge in [0.15, 0.2) is 5.65 Å². The Bertz CT molecular complexity index is 1070. The lowest BCUT2D eigenvalue weighted by Gasteiger charge is -2.06. The third-order valence-corrected chi connectivity index (χ3v) is 5.01. The van der Waals surface area contributed by atoms with Crippen LogP contribution < -0.4 is 5.32 Å². The highest BCUT2D eigenvalue weighted by Crippen LogP contribution is 2.15. The van der Waals surface area contributed by atoms with Gasteiger partial charge in [0, 0.05) is 37.1 Å². The zero-order valence-corrected chi connectivity index (χ0v) is 15.8. The Morgan fingerprint density at radius 1 is 1.07 bits per heavy atom. The summed E-state index contributed by atoms with van der Waals surface area (Å²) in [5.41, 5.74) is 3.00. The second kappa shape index (κ2) is 8.62. The van der Waals surface area contributed by atoms with Crippen LogP contribution >= 0.6 is 11.8 Å². The monoisotopic (exact) mass is 390 g/mol. The summed E-state index contributed by atoms with van der Waals surface area (Å²) in [6.45, 7) is 1.18. The maximum Gasteiger partial charge on any atom is 0.252 e. The second-order valence-electron chi connectivity index (χ2n) is 6.07. The number of rotatable bonds is 7. The van der Waals surface area contributed by atoms with Crippen molar-refractivity contribution in [1.82, 2.24) is 29.8 Å². The molecule has 0 unspecified atom stereocenters. The van der Waals surface area contributed by atoms with E-state index in [1.54, 1.807) is 42.7 Å². The van der Waals surface area contributed by atoms with Gasteiger partial charge in [0.2, 0.25) is 0 Å². The predicted molar refractivity (Wildman–Crippen MR) is 108 cm³/mol. The van der Waals surface area contributed by atoms with E-state index in [0.29, 0.717) is 24.2 Å². The summed E-state index contributed by atoms with van der Waals surface area (Å²) in [5, 5.41) is 3.85. The van der Waals surface area contributed by atoms with Crippen LogP contribution in [-0.4, -0.2) is 42.7 Å². The van der Waals surface area contributed by atoms with Crippen LogP contribution in [0.5, 0.6) is 0 Å². The van der Waals surface area contributed by atoms with Gasteiger partial charge in [0.1, 0.15) is 5.52 Å². The first-order valence-corrected chi connectivity index (χ1v) is 9.80. The molecule has 0 saturated heterocycles.